The quantitative estimate of drug-likeness (QED) is 0.853. The Morgan fingerprint density at radius 2 is 2.12 bits per heavy atom. The molecule has 3 nitrogen and oxygen atoms in total. The Balaban J connectivity index is 2.14. The summed E-state index contributed by atoms with van der Waals surface area (Å²) in [6.45, 7) is 0. The van der Waals surface area contributed by atoms with Gasteiger partial charge in [0.1, 0.15) is 0 Å². The minimum absolute atomic E-state index is 0.0534. The first-order valence-electron chi connectivity index (χ1n) is 5.61. The van der Waals surface area contributed by atoms with Crippen molar-refractivity contribution in [3.63, 3.8) is 0 Å². The van der Waals surface area contributed by atoms with Crippen molar-refractivity contribution < 1.29 is 8.42 Å². The Morgan fingerprint density at radius 3 is 2.76 bits per heavy atom. The van der Waals surface area contributed by atoms with Gasteiger partial charge < -0.3 is 0 Å². The first kappa shape index (κ1) is 12.9. The molecule has 0 radical (unpaired) electrons. The van der Waals surface area contributed by atoms with E-state index in [-0.39, 0.29) is 6.04 Å². The Labute approximate surface area is 107 Å². The molecule has 1 N–H and O–H groups in total. The molecule has 1 aromatic rings. The molecule has 0 bridgehead atoms. The zero-order valence-electron chi connectivity index (χ0n) is 10.1. The van der Waals surface area contributed by atoms with Crippen molar-refractivity contribution in [2.75, 3.05) is 12.5 Å². The fraction of sp³-hybridized carbons (Fsp3) is 0.500. The van der Waals surface area contributed by atoms with Crippen LogP contribution in [0.3, 0.4) is 0 Å². The molecule has 17 heavy (non-hydrogen) atoms. The summed E-state index contributed by atoms with van der Waals surface area (Å²) in [5, 5.41) is 0. The second kappa shape index (κ2) is 5.00. The van der Waals surface area contributed by atoms with Crippen LogP contribution in [0.15, 0.2) is 23.1 Å². The number of nitrogens with one attached hydrogen (secondary N) is 1. The van der Waals surface area contributed by atoms with Gasteiger partial charge in [-0.3, -0.25) is 0 Å². The van der Waals surface area contributed by atoms with E-state index in [9.17, 15) is 8.42 Å². The number of hydrogen-bond acceptors (Lipinski definition) is 3. The van der Waals surface area contributed by atoms with E-state index in [1.165, 1.54) is 22.3 Å². The average molecular weight is 271 g/mol. The smallest absolute Gasteiger partial charge is 0.208 e. The van der Waals surface area contributed by atoms with Crippen molar-refractivity contribution in [3.05, 3.63) is 29.3 Å². The fourth-order valence-corrected chi connectivity index (χ4v) is 3.53. The minimum atomic E-state index is -3.09. The predicted octanol–water partition coefficient (Wildman–Crippen LogP) is 1.81. The topological polar surface area (TPSA) is 46.2 Å². The molecule has 0 aliphatic heterocycles. The van der Waals surface area contributed by atoms with Gasteiger partial charge in [-0.25, -0.2) is 13.1 Å². The van der Waals surface area contributed by atoms with Crippen molar-refractivity contribution in [1.82, 2.24) is 4.72 Å². The Bertz CT molecular complexity index is 511. The molecule has 2 rings (SSSR count). The second-order valence-corrected chi connectivity index (χ2v) is 7.12. The molecule has 0 fully saturated rings. The van der Waals surface area contributed by atoms with Crippen molar-refractivity contribution in [3.8, 4) is 0 Å². The summed E-state index contributed by atoms with van der Waals surface area (Å²) < 4.78 is 25.1. The molecule has 1 aliphatic rings. The summed E-state index contributed by atoms with van der Waals surface area (Å²) in [7, 11) is -3.09. The molecule has 0 heterocycles. The lowest BCUT2D eigenvalue weighted by Crippen LogP contribution is -2.38. The van der Waals surface area contributed by atoms with E-state index in [1.807, 2.05) is 0 Å². The van der Waals surface area contributed by atoms with Crippen molar-refractivity contribution in [2.24, 2.45) is 0 Å². The maximum Gasteiger partial charge on any atom is 0.208 e. The lowest BCUT2D eigenvalue weighted by atomic mass is 9.89. The third-order valence-electron chi connectivity index (χ3n) is 3.02. The van der Waals surface area contributed by atoms with Crippen LogP contribution < -0.4 is 4.72 Å². The maximum atomic E-state index is 11.2. The van der Waals surface area contributed by atoms with Gasteiger partial charge in [0, 0.05) is 10.9 Å². The van der Waals surface area contributed by atoms with Crippen LogP contribution in [-0.4, -0.2) is 27.0 Å². The lowest BCUT2D eigenvalue weighted by molar-refractivity contribution is 0.510. The standard InChI is InChI=1S/C12H17NO2S2/c1-16-12-6-4-9-7-11(13-17(2,14)15)5-3-10(9)8-12/h4,6,8,11,13H,3,5,7H2,1-2H3. The molecule has 0 amide bonds. The number of rotatable bonds is 3. The summed E-state index contributed by atoms with van der Waals surface area (Å²) in [6, 6.07) is 6.50. The highest BCUT2D eigenvalue weighted by molar-refractivity contribution is 7.98. The molecule has 0 aromatic heterocycles. The van der Waals surface area contributed by atoms with E-state index in [0.717, 1.165) is 19.3 Å². The summed E-state index contributed by atoms with van der Waals surface area (Å²) in [4.78, 5) is 1.28. The van der Waals surface area contributed by atoms with Crippen LogP contribution in [0.25, 0.3) is 0 Å². The van der Waals surface area contributed by atoms with Crippen molar-refractivity contribution in [2.45, 2.75) is 30.2 Å². The summed E-state index contributed by atoms with van der Waals surface area (Å²) in [5.41, 5.74) is 2.64. The van der Waals surface area contributed by atoms with Crippen molar-refractivity contribution in [1.29, 1.82) is 0 Å². The van der Waals surface area contributed by atoms with Gasteiger partial charge in [0.15, 0.2) is 0 Å². The summed E-state index contributed by atoms with van der Waals surface area (Å²) in [6.07, 6.45) is 5.93. The summed E-state index contributed by atoms with van der Waals surface area (Å²) >= 11 is 1.74. The monoisotopic (exact) mass is 271 g/mol. The van der Waals surface area contributed by atoms with Gasteiger partial charge in [0.05, 0.1) is 6.26 Å². The molecule has 1 unspecified atom stereocenters. The third kappa shape index (κ3) is 3.47. The highest BCUT2D eigenvalue weighted by atomic mass is 32.2. The second-order valence-electron chi connectivity index (χ2n) is 4.46. The van der Waals surface area contributed by atoms with Gasteiger partial charge in [-0.05, 0) is 48.8 Å². The largest absolute Gasteiger partial charge is 0.213 e. The zero-order chi connectivity index (χ0) is 12.5. The first-order valence-corrected chi connectivity index (χ1v) is 8.72. The molecule has 0 spiro atoms. The molecule has 0 saturated carbocycles. The number of aryl methyl sites for hydroxylation is 1. The minimum Gasteiger partial charge on any atom is -0.213 e. The Kier molecular flexibility index (Phi) is 3.80. The highest BCUT2D eigenvalue weighted by Crippen LogP contribution is 2.26. The van der Waals surface area contributed by atoms with Crippen molar-refractivity contribution >= 4 is 21.8 Å². The molecule has 94 valence electrons. The number of sulfonamides is 1. The van der Waals surface area contributed by atoms with Crippen LogP contribution >= 0.6 is 11.8 Å². The van der Waals surface area contributed by atoms with Gasteiger partial charge in [0.25, 0.3) is 0 Å². The van der Waals surface area contributed by atoms with Gasteiger partial charge in [-0.2, -0.15) is 0 Å². The SMILES string of the molecule is CSc1ccc2c(c1)CCC(NS(C)(=O)=O)C2. The van der Waals surface area contributed by atoms with Crippen LogP contribution in [0, 0.1) is 0 Å². The van der Waals surface area contributed by atoms with E-state index in [4.69, 9.17) is 0 Å². The zero-order valence-corrected chi connectivity index (χ0v) is 11.7. The number of benzene rings is 1. The third-order valence-corrected chi connectivity index (χ3v) is 4.51. The lowest BCUT2D eigenvalue weighted by Gasteiger charge is -2.25. The van der Waals surface area contributed by atoms with Gasteiger partial charge >= 0.3 is 0 Å². The average Bonchev–Trinajstić information content (AvgIpc) is 2.26. The fourth-order valence-electron chi connectivity index (χ4n) is 2.26. The molecular formula is C12H17NO2S2. The van der Waals surface area contributed by atoms with Gasteiger partial charge in [-0.15, -0.1) is 11.8 Å². The van der Waals surface area contributed by atoms with Gasteiger partial charge in [-0.1, -0.05) is 6.07 Å². The van der Waals surface area contributed by atoms with E-state index >= 15 is 0 Å². The van der Waals surface area contributed by atoms with Gasteiger partial charge in [0.2, 0.25) is 10.0 Å². The highest BCUT2D eigenvalue weighted by Gasteiger charge is 2.21. The predicted molar refractivity (Wildman–Crippen MR) is 72.0 cm³/mol. The maximum absolute atomic E-state index is 11.2. The Hall–Kier alpha value is -0.520. The van der Waals surface area contributed by atoms with E-state index in [0.29, 0.717) is 0 Å². The van der Waals surface area contributed by atoms with Crippen LogP contribution in [0.4, 0.5) is 0 Å². The van der Waals surface area contributed by atoms with Crippen LogP contribution in [0.2, 0.25) is 0 Å². The van der Waals surface area contributed by atoms with E-state index < -0.39 is 10.0 Å². The molecule has 0 saturated heterocycles. The molecule has 1 aromatic carbocycles. The van der Waals surface area contributed by atoms with Crippen LogP contribution in [-0.2, 0) is 22.9 Å². The number of thioether (sulfide) groups is 1. The molecule has 1 aliphatic carbocycles. The van der Waals surface area contributed by atoms with Crippen LogP contribution in [0.1, 0.15) is 17.5 Å². The van der Waals surface area contributed by atoms with E-state index in [2.05, 4.69) is 29.2 Å². The molecular weight excluding hydrogens is 254 g/mol. The molecule has 1 atom stereocenters. The molecule has 5 heteroatoms. The number of fused-ring (bicyclic) bond motifs is 1. The van der Waals surface area contributed by atoms with E-state index in [1.54, 1.807) is 11.8 Å². The first-order chi connectivity index (χ1) is 7.98. The normalized spacial score (nSPS) is 20.0. The Morgan fingerprint density at radius 1 is 1.35 bits per heavy atom. The van der Waals surface area contributed by atoms with Crippen LogP contribution in [0.5, 0.6) is 0 Å². The summed E-state index contributed by atoms with van der Waals surface area (Å²) in [5.74, 6) is 0. The number of hydrogen-bond donors (Lipinski definition) is 1.